The van der Waals surface area contributed by atoms with Crippen molar-refractivity contribution in [3.05, 3.63) is 24.3 Å². The van der Waals surface area contributed by atoms with Crippen molar-refractivity contribution in [2.75, 3.05) is 13.6 Å². The third kappa shape index (κ3) is 3.75. The summed E-state index contributed by atoms with van der Waals surface area (Å²) in [5.41, 5.74) is 2.32. The number of nitrogens with zero attached hydrogens (tertiary/aromatic N) is 3. The van der Waals surface area contributed by atoms with Gasteiger partial charge < -0.3 is 9.64 Å². The average Bonchev–Trinajstić information content (AvgIpc) is 2.46. The number of ether oxygens (including phenoxy) is 1. The van der Waals surface area contributed by atoms with Crippen LogP contribution < -0.4 is 4.74 Å². The third-order valence-corrected chi connectivity index (χ3v) is 3.69. The summed E-state index contributed by atoms with van der Waals surface area (Å²) in [4.78, 5) is 11.1. The smallest absolute Gasteiger partial charge is 0.146 e. The molecule has 0 aromatic heterocycles. The van der Waals surface area contributed by atoms with Crippen LogP contribution in [0.2, 0.25) is 0 Å². The highest BCUT2D eigenvalue weighted by Gasteiger charge is 2.23. The van der Waals surface area contributed by atoms with E-state index in [4.69, 9.17) is 4.74 Å². The molecule has 0 spiro atoms. The van der Waals surface area contributed by atoms with E-state index >= 15 is 0 Å². The van der Waals surface area contributed by atoms with E-state index in [9.17, 15) is 0 Å². The fraction of sp³-hybridized carbons (Fsp3) is 0.444. The third-order valence-electron chi connectivity index (χ3n) is 3.69. The minimum absolute atomic E-state index is 0.226. The normalized spacial score (nSPS) is 17.9. The van der Waals surface area contributed by atoms with Crippen LogP contribution >= 0.6 is 0 Å². The summed E-state index contributed by atoms with van der Waals surface area (Å²) in [5, 5.41) is 0. The van der Waals surface area contributed by atoms with Gasteiger partial charge in [0.1, 0.15) is 17.0 Å². The predicted molar refractivity (Wildman–Crippen MR) is 95.1 cm³/mol. The van der Waals surface area contributed by atoms with Crippen LogP contribution in [0.4, 0.5) is 11.4 Å². The molecule has 4 heteroatoms. The molecule has 118 valence electrons. The van der Waals surface area contributed by atoms with Crippen LogP contribution in [0.15, 0.2) is 28.7 Å². The summed E-state index contributed by atoms with van der Waals surface area (Å²) in [5.74, 6) is 0.779. The van der Waals surface area contributed by atoms with E-state index < -0.39 is 0 Å². The van der Waals surface area contributed by atoms with Crippen LogP contribution in [0.3, 0.4) is 0 Å². The molecule has 1 heterocycles. The number of rotatable bonds is 2. The second-order valence-corrected chi connectivity index (χ2v) is 6.13. The summed E-state index contributed by atoms with van der Waals surface area (Å²) < 4.78 is 6.24. The molecule has 0 fully saturated rings. The first kappa shape index (κ1) is 16.3. The molecule has 0 aliphatic carbocycles. The molecule has 0 saturated carbocycles. The molecule has 1 aliphatic rings. The molecule has 0 amide bonds. The zero-order valence-corrected chi connectivity index (χ0v) is 14.0. The predicted octanol–water partition coefficient (Wildman–Crippen LogP) is 4.59. The highest BCUT2D eigenvalue weighted by molar-refractivity contribution is 5.82. The van der Waals surface area contributed by atoms with Gasteiger partial charge >= 0.3 is 0 Å². The fourth-order valence-corrected chi connectivity index (χ4v) is 2.56. The lowest BCUT2D eigenvalue weighted by atomic mass is 10.0. The molecule has 0 bridgehead atoms. The fourth-order valence-electron chi connectivity index (χ4n) is 2.56. The Bertz CT molecular complexity index is 603. The lowest BCUT2D eigenvalue weighted by Crippen LogP contribution is -2.30. The van der Waals surface area contributed by atoms with Gasteiger partial charge in [-0.15, -0.1) is 0 Å². The minimum Gasteiger partial charge on any atom is -0.486 e. The molecule has 1 aliphatic heterocycles. The zero-order valence-electron chi connectivity index (χ0n) is 14.0. The molecule has 1 aromatic carbocycles. The highest BCUT2D eigenvalue weighted by Crippen LogP contribution is 2.40. The van der Waals surface area contributed by atoms with Crippen LogP contribution in [0.25, 0.3) is 6.08 Å². The largest absolute Gasteiger partial charge is 0.486 e. The maximum atomic E-state index is 6.24. The van der Waals surface area contributed by atoms with Crippen LogP contribution in [0, 0.1) is 0 Å². The number of hydrogen-bond acceptors (Lipinski definition) is 4. The lowest BCUT2D eigenvalue weighted by Gasteiger charge is -2.29. The SMILES string of the molecule is C=Cc1c(N=CC)ccc2c1N=CN(C)CCCC(C)(C)O2. The Hall–Kier alpha value is -2.10. The summed E-state index contributed by atoms with van der Waals surface area (Å²) >= 11 is 0. The Kier molecular flexibility index (Phi) is 5.01. The minimum atomic E-state index is -0.226. The number of hydrogen-bond donors (Lipinski definition) is 0. The van der Waals surface area contributed by atoms with Gasteiger partial charge in [0.25, 0.3) is 0 Å². The molecular formula is C18H25N3O. The molecule has 22 heavy (non-hydrogen) atoms. The van der Waals surface area contributed by atoms with Crippen molar-refractivity contribution in [1.82, 2.24) is 4.90 Å². The van der Waals surface area contributed by atoms with Crippen molar-refractivity contribution in [3.63, 3.8) is 0 Å². The van der Waals surface area contributed by atoms with E-state index in [1.807, 2.05) is 32.4 Å². The Balaban J connectivity index is 2.60. The van der Waals surface area contributed by atoms with E-state index in [-0.39, 0.29) is 5.60 Å². The second kappa shape index (κ2) is 6.77. The topological polar surface area (TPSA) is 37.2 Å². The zero-order chi connectivity index (χ0) is 16.2. The van der Waals surface area contributed by atoms with Gasteiger partial charge in [0.05, 0.1) is 12.0 Å². The van der Waals surface area contributed by atoms with E-state index in [2.05, 4.69) is 35.3 Å². The Morgan fingerprint density at radius 3 is 2.86 bits per heavy atom. The van der Waals surface area contributed by atoms with Gasteiger partial charge in [-0.2, -0.15) is 0 Å². The van der Waals surface area contributed by atoms with E-state index in [1.54, 1.807) is 12.3 Å². The molecule has 0 radical (unpaired) electrons. The molecule has 4 nitrogen and oxygen atoms in total. The van der Waals surface area contributed by atoms with E-state index in [0.29, 0.717) is 0 Å². The van der Waals surface area contributed by atoms with Gasteiger partial charge in [-0.25, -0.2) is 4.99 Å². The number of fused-ring (bicyclic) bond motifs is 1. The van der Waals surface area contributed by atoms with Crippen molar-refractivity contribution in [3.8, 4) is 5.75 Å². The summed E-state index contributed by atoms with van der Waals surface area (Å²) in [7, 11) is 2.04. The number of benzene rings is 1. The molecule has 0 saturated heterocycles. The average molecular weight is 299 g/mol. The van der Waals surface area contributed by atoms with Gasteiger partial charge in [0.15, 0.2) is 0 Å². The van der Waals surface area contributed by atoms with Gasteiger partial charge in [-0.1, -0.05) is 12.7 Å². The molecule has 2 rings (SSSR count). The van der Waals surface area contributed by atoms with Gasteiger partial charge in [-0.05, 0) is 45.7 Å². The van der Waals surface area contributed by atoms with Crippen molar-refractivity contribution < 1.29 is 4.74 Å². The first-order valence-corrected chi connectivity index (χ1v) is 7.68. The Labute approximate surface area is 133 Å². The van der Waals surface area contributed by atoms with Gasteiger partial charge in [0.2, 0.25) is 0 Å². The quantitative estimate of drug-likeness (QED) is 0.749. The van der Waals surface area contributed by atoms with Crippen LogP contribution in [-0.4, -0.2) is 36.6 Å². The maximum Gasteiger partial charge on any atom is 0.146 e. The van der Waals surface area contributed by atoms with Crippen molar-refractivity contribution in [1.29, 1.82) is 0 Å². The lowest BCUT2D eigenvalue weighted by molar-refractivity contribution is 0.0957. The summed E-state index contributed by atoms with van der Waals surface area (Å²) in [6.45, 7) is 11.0. The van der Waals surface area contributed by atoms with Gasteiger partial charge in [-0.3, -0.25) is 4.99 Å². The molecule has 0 N–H and O–H groups in total. The van der Waals surface area contributed by atoms with Crippen molar-refractivity contribution >= 4 is 30.0 Å². The molecule has 0 atom stereocenters. The first-order chi connectivity index (χ1) is 10.5. The van der Waals surface area contributed by atoms with Crippen LogP contribution in [0.5, 0.6) is 5.75 Å². The van der Waals surface area contributed by atoms with Crippen LogP contribution in [0.1, 0.15) is 39.2 Å². The van der Waals surface area contributed by atoms with E-state index in [0.717, 1.165) is 42.1 Å². The molecule has 1 aromatic rings. The molecule has 0 unspecified atom stereocenters. The summed E-state index contributed by atoms with van der Waals surface area (Å²) in [6, 6.07) is 3.91. The maximum absolute atomic E-state index is 6.24. The van der Waals surface area contributed by atoms with Gasteiger partial charge in [0, 0.05) is 25.4 Å². The standard InChI is InChI=1S/C18H25N3O/c1-6-14-15(19-7-2)9-10-16-17(14)20-13-21(5)12-8-11-18(3,4)22-16/h6-7,9-10,13H,1,8,11-12H2,2-5H3. The van der Waals surface area contributed by atoms with Crippen molar-refractivity contribution in [2.24, 2.45) is 9.98 Å². The second-order valence-electron chi connectivity index (χ2n) is 6.13. The van der Waals surface area contributed by atoms with Crippen LogP contribution in [-0.2, 0) is 0 Å². The van der Waals surface area contributed by atoms with Crippen molar-refractivity contribution in [2.45, 2.75) is 39.2 Å². The molecular weight excluding hydrogens is 274 g/mol. The summed E-state index contributed by atoms with van der Waals surface area (Å²) in [6.07, 6.45) is 7.48. The first-order valence-electron chi connectivity index (χ1n) is 7.68. The Morgan fingerprint density at radius 2 is 2.18 bits per heavy atom. The highest BCUT2D eigenvalue weighted by atomic mass is 16.5. The number of aliphatic imine (C=N–C) groups is 2. The van der Waals surface area contributed by atoms with E-state index in [1.165, 1.54) is 0 Å². The Morgan fingerprint density at radius 1 is 1.41 bits per heavy atom. The monoisotopic (exact) mass is 299 g/mol.